The first-order valence-corrected chi connectivity index (χ1v) is 6.68. The van der Waals surface area contributed by atoms with E-state index in [-0.39, 0.29) is 23.2 Å². The molecule has 1 unspecified atom stereocenters. The van der Waals surface area contributed by atoms with Crippen molar-refractivity contribution < 1.29 is 18.3 Å². The van der Waals surface area contributed by atoms with Crippen molar-refractivity contribution >= 4 is 17.7 Å². The lowest BCUT2D eigenvalue weighted by Gasteiger charge is -2.21. The quantitative estimate of drug-likeness (QED) is 0.745. The molecule has 1 aromatic carbocycles. The second-order valence-corrected chi connectivity index (χ2v) is 6.57. The number of rotatable bonds is 1. The molecule has 2 rings (SSSR count). The normalized spacial score (nSPS) is 21.4. The van der Waals surface area contributed by atoms with Crippen LogP contribution in [0.2, 0.25) is 5.02 Å². The van der Waals surface area contributed by atoms with Crippen molar-refractivity contribution in [3.05, 3.63) is 33.9 Å². The van der Waals surface area contributed by atoms with Crippen LogP contribution in [0.25, 0.3) is 6.08 Å². The molecular formula is C15H16ClF3O. The average molecular weight is 305 g/mol. The van der Waals surface area contributed by atoms with Gasteiger partial charge < -0.3 is 5.11 Å². The molecule has 0 heterocycles. The summed E-state index contributed by atoms with van der Waals surface area (Å²) >= 11 is 6.15. The van der Waals surface area contributed by atoms with E-state index in [9.17, 15) is 18.3 Å². The molecule has 0 aliphatic heterocycles. The van der Waals surface area contributed by atoms with Gasteiger partial charge in [0.2, 0.25) is 0 Å². The maximum Gasteiger partial charge on any atom is 0.395 e. The van der Waals surface area contributed by atoms with E-state index < -0.39 is 12.1 Å². The highest BCUT2D eigenvalue weighted by Gasteiger charge is 2.51. The van der Waals surface area contributed by atoms with E-state index in [0.29, 0.717) is 10.6 Å². The number of phenolic OH excluding ortho intramolecular Hbond substituents is 1. The number of aromatic hydroxyl groups is 1. The largest absolute Gasteiger partial charge is 0.507 e. The first kappa shape index (κ1) is 15.2. The van der Waals surface area contributed by atoms with Gasteiger partial charge in [0.05, 0.1) is 5.92 Å². The molecule has 5 heteroatoms. The second-order valence-electron chi connectivity index (χ2n) is 6.16. The predicted molar refractivity (Wildman–Crippen MR) is 74.0 cm³/mol. The van der Waals surface area contributed by atoms with E-state index in [4.69, 9.17) is 11.6 Å². The predicted octanol–water partition coefficient (Wildman–Crippen LogP) is 5.31. The number of benzene rings is 1. The molecule has 1 fully saturated rings. The highest BCUT2D eigenvalue weighted by atomic mass is 35.5. The van der Waals surface area contributed by atoms with Gasteiger partial charge in [0.15, 0.2) is 0 Å². The highest BCUT2D eigenvalue weighted by Crippen LogP contribution is 2.51. The van der Waals surface area contributed by atoms with E-state index in [0.717, 1.165) is 5.56 Å². The first-order valence-electron chi connectivity index (χ1n) is 6.30. The topological polar surface area (TPSA) is 20.2 Å². The van der Waals surface area contributed by atoms with Crippen LogP contribution in [0.15, 0.2) is 17.7 Å². The number of hydrogen-bond donors (Lipinski definition) is 1. The summed E-state index contributed by atoms with van der Waals surface area (Å²) in [6.07, 6.45) is -2.82. The van der Waals surface area contributed by atoms with Crippen LogP contribution in [0, 0.1) is 5.92 Å². The third-order valence-corrected chi connectivity index (χ3v) is 3.70. The van der Waals surface area contributed by atoms with Gasteiger partial charge in [-0.2, -0.15) is 13.2 Å². The van der Waals surface area contributed by atoms with Crippen molar-refractivity contribution in [2.24, 2.45) is 5.92 Å². The Bertz CT molecular complexity index is 568. The summed E-state index contributed by atoms with van der Waals surface area (Å²) in [6, 6.07) is 3.05. The minimum absolute atomic E-state index is 0.00157. The molecule has 0 amide bonds. The van der Waals surface area contributed by atoms with E-state index in [1.165, 1.54) is 18.2 Å². The molecule has 1 atom stereocenters. The lowest BCUT2D eigenvalue weighted by atomic mass is 9.86. The van der Waals surface area contributed by atoms with Gasteiger partial charge in [0.1, 0.15) is 5.75 Å². The van der Waals surface area contributed by atoms with Gasteiger partial charge in [-0.3, -0.25) is 0 Å². The monoisotopic (exact) mass is 304 g/mol. The Morgan fingerprint density at radius 1 is 1.25 bits per heavy atom. The van der Waals surface area contributed by atoms with Crippen LogP contribution in [0.4, 0.5) is 13.2 Å². The van der Waals surface area contributed by atoms with Crippen molar-refractivity contribution in [1.29, 1.82) is 0 Å². The summed E-state index contributed by atoms with van der Waals surface area (Å²) in [4.78, 5) is 0. The molecule has 1 nitrogen and oxygen atoms in total. The summed E-state index contributed by atoms with van der Waals surface area (Å²) in [5.74, 6) is -1.41. The van der Waals surface area contributed by atoms with Gasteiger partial charge >= 0.3 is 6.18 Å². The average Bonchev–Trinajstić information content (AvgIpc) is 3.00. The lowest BCUT2D eigenvalue weighted by molar-refractivity contribution is -0.143. The molecule has 0 saturated heterocycles. The van der Waals surface area contributed by atoms with E-state index >= 15 is 0 Å². The Kier molecular flexibility index (Phi) is 3.57. The van der Waals surface area contributed by atoms with Crippen molar-refractivity contribution in [3.63, 3.8) is 0 Å². The zero-order chi connectivity index (χ0) is 15.3. The van der Waals surface area contributed by atoms with E-state index in [1.807, 2.05) is 20.8 Å². The molecule has 1 aliphatic rings. The fourth-order valence-electron chi connectivity index (χ4n) is 2.13. The minimum Gasteiger partial charge on any atom is -0.507 e. The minimum atomic E-state index is -4.20. The second kappa shape index (κ2) is 4.69. The molecule has 1 aromatic rings. The SMILES string of the molecule is CC(C)(C)c1cc(O)c(/C=C2/CC2C(F)(F)F)cc1Cl. The van der Waals surface area contributed by atoms with Crippen LogP contribution >= 0.6 is 11.6 Å². The molecule has 1 N–H and O–H groups in total. The van der Waals surface area contributed by atoms with Crippen LogP contribution in [0.1, 0.15) is 38.3 Å². The number of alkyl halides is 3. The Balaban J connectivity index is 2.33. The highest BCUT2D eigenvalue weighted by molar-refractivity contribution is 6.31. The first-order chi connectivity index (χ1) is 9.00. The van der Waals surface area contributed by atoms with E-state index in [1.54, 1.807) is 0 Å². The van der Waals surface area contributed by atoms with Crippen molar-refractivity contribution in [1.82, 2.24) is 0 Å². The van der Waals surface area contributed by atoms with Crippen LogP contribution in [0.5, 0.6) is 5.75 Å². The summed E-state index contributed by atoms with van der Waals surface area (Å²) in [7, 11) is 0. The maximum absolute atomic E-state index is 12.5. The Hall–Kier alpha value is -1.16. The molecule has 0 bridgehead atoms. The summed E-state index contributed by atoms with van der Waals surface area (Å²) in [5.41, 5.74) is 1.15. The van der Waals surface area contributed by atoms with Gasteiger partial charge in [0.25, 0.3) is 0 Å². The Morgan fingerprint density at radius 2 is 1.85 bits per heavy atom. The van der Waals surface area contributed by atoms with Crippen molar-refractivity contribution in [2.75, 3.05) is 0 Å². The third-order valence-electron chi connectivity index (χ3n) is 3.39. The summed E-state index contributed by atoms with van der Waals surface area (Å²) in [6.45, 7) is 5.85. The van der Waals surface area contributed by atoms with Gasteiger partial charge in [-0.1, -0.05) is 44.0 Å². The zero-order valence-electron chi connectivity index (χ0n) is 11.5. The molecule has 0 radical (unpaired) electrons. The van der Waals surface area contributed by atoms with Crippen molar-refractivity contribution in [3.8, 4) is 5.75 Å². The zero-order valence-corrected chi connectivity index (χ0v) is 12.2. The molecule has 1 aliphatic carbocycles. The fraction of sp³-hybridized carbons (Fsp3) is 0.467. The van der Waals surface area contributed by atoms with Gasteiger partial charge in [-0.25, -0.2) is 0 Å². The molecule has 110 valence electrons. The van der Waals surface area contributed by atoms with Crippen LogP contribution in [0.3, 0.4) is 0 Å². The summed E-state index contributed by atoms with van der Waals surface area (Å²) in [5, 5.41) is 10.4. The lowest BCUT2D eigenvalue weighted by Crippen LogP contribution is -2.11. The molecular weight excluding hydrogens is 289 g/mol. The standard InChI is InChI=1S/C15H16ClF3O/c1-14(2,3)11-7-13(20)9(6-12(11)16)4-8-5-10(8)15(17,18)19/h4,6-7,10,20H,5H2,1-3H3/b8-4-. The van der Waals surface area contributed by atoms with Gasteiger partial charge in [-0.15, -0.1) is 0 Å². The van der Waals surface area contributed by atoms with Crippen LogP contribution in [-0.2, 0) is 5.41 Å². The van der Waals surface area contributed by atoms with Gasteiger partial charge in [-0.05, 0) is 29.5 Å². The van der Waals surface area contributed by atoms with Crippen LogP contribution in [-0.4, -0.2) is 11.3 Å². The maximum atomic E-state index is 12.5. The third kappa shape index (κ3) is 3.11. The number of halogens is 4. The molecule has 1 saturated carbocycles. The van der Waals surface area contributed by atoms with E-state index in [2.05, 4.69) is 0 Å². The number of phenols is 1. The van der Waals surface area contributed by atoms with Crippen LogP contribution < -0.4 is 0 Å². The summed E-state index contributed by atoms with van der Waals surface area (Å²) < 4.78 is 37.4. The molecule has 20 heavy (non-hydrogen) atoms. The van der Waals surface area contributed by atoms with Gasteiger partial charge in [0, 0.05) is 10.6 Å². The Morgan fingerprint density at radius 3 is 2.30 bits per heavy atom. The van der Waals surface area contributed by atoms with Crippen molar-refractivity contribution in [2.45, 2.75) is 38.8 Å². The Labute approximate surface area is 121 Å². The smallest absolute Gasteiger partial charge is 0.395 e. The number of allylic oxidation sites excluding steroid dienone is 1. The fourth-order valence-corrected chi connectivity index (χ4v) is 2.59. The number of hydrogen-bond acceptors (Lipinski definition) is 1. The molecule has 0 spiro atoms. The molecule has 0 aromatic heterocycles.